The molecule has 0 fully saturated rings. The molecular formula is C22H10N2O5S. The van der Waals surface area contributed by atoms with E-state index in [1.54, 1.807) is 30.3 Å². The van der Waals surface area contributed by atoms with Crippen LogP contribution in [0.5, 0.6) is 23.0 Å². The van der Waals surface area contributed by atoms with E-state index < -0.39 is 11.6 Å². The summed E-state index contributed by atoms with van der Waals surface area (Å²) in [6, 6.07) is 14.5. The van der Waals surface area contributed by atoms with Crippen molar-refractivity contribution in [3.8, 4) is 29.1 Å². The first kappa shape index (κ1) is 17.9. The Morgan fingerprint density at radius 3 is 2.63 bits per heavy atom. The predicted octanol–water partition coefficient (Wildman–Crippen LogP) is 4.27. The molecule has 3 aromatic rings. The van der Waals surface area contributed by atoms with Gasteiger partial charge in [0.05, 0.1) is 21.9 Å². The van der Waals surface area contributed by atoms with Crippen molar-refractivity contribution in [3.63, 3.8) is 0 Å². The molecule has 2 aliphatic heterocycles. The Morgan fingerprint density at radius 2 is 1.87 bits per heavy atom. The number of carbonyl (C=O) groups excluding carboxylic acids is 1. The van der Waals surface area contributed by atoms with Gasteiger partial charge in [0.15, 0.2) is 5.60 Å². The van der Waals surface area contributed by atoms with Crippen LogP contribution >= 0.6 is 12.2 Å². The van der Waals surface area contributed by atoms with Crippen LogP contribution in [-0.4, -0.2) is 21.3 Å². The van der Waals surface area contributed by atoms with Gasteiger partial charge in [0.25, 0.3) is 0 Å². The Morgan fingerprint density at radius 1 is 1.07 bits per heavy atom. The number of ether oxygens (including phenoxy) is 2. The molecule has 2 N–H and O–H groups in total. The number of phenolic OH excluding ortho intramolecular Hbond substituents is 2. The van der Waals surface area contributed by atoms with Crippen LogP contribution in [-0.2, 0) is 10.3 Å². The number of hydrogen-bond acceptors (Lipinski definition) is 8. The maximum absolute atomic E-state index is 12.8. The lowest BCUT2D eigenvalue weighted by atomic mass is 9.75. The highest BCUT2D eigenvalue weighted by Crippen LogP contribution is 2.59. The van der Waals surface area contributed by atoms with E-state index in [2.05, 4.69) is 22.4 Å². The summed E-state index contributed by atoms with van der Waals surface area (Å²) in [5.41, 5.74) is -0.224. The number of rotatable bonds is 1. The molecule has 3 aromatic carbocycles. The van der Waals surface area contributed by atoms with Crippen molar-refractivity contribution in [3.05, 3.63) is 76.3 Å². The van der Waals surface area contributed by atoms with Gasteiger partial charge in [0.2, 0.25) is 0 Å². The average molecular weight is 414 g/mol. The molecule has 1 spiro atoms. The SMILES string of the molecule is N#Cc1c(N=C=S)c(O)cc2c1C1(OC(=O)c3ccccc31)c1ccc(O)cc1O2. The second-order valence-electron chi connectivity index (χ2n) is 6.71. The number of carbonyl (C=O) groups is 1. The van der Waals surface area contributed by atoms with Crippen molar-refractivity contribution in [2.75, 3.05) is 0 Å². The summed E-state index contributed by atoms with van der Waals surface area (Å²) in [5, 5.41) is 32.5. The Balaban J connectivity index is 1.99. The summed E-state index contributed by atoms with van der Waals surface area (Å²) in [6.07, 6.45) is 0. The molecule has 1 unspecified atom stereocenters. The van der Waals surface area contributed by atoms with Gasteiger partial charge >= 0.3 is 5.97 Å². The zero-order chi connectivity index (χ0) is 21.0. The van der Waals surface area contributed by atoms with Crippen molar-refractivity contribution in [2.24, 2.45) is 4.99 Å². The lowest BCUT2D eigenvalue weighted by Crippen LogP contribution is -2.34. The second-order valence-corrected chi connectivity index (χ2v) is 6.89. The highest BCUT2D eigenvalue weighted by atomic mass is 32.1. The normalized spacial score (nSPS) is 17.6. The summed E-state index contributed by atoms with van der Waals surface area (Å²) in [6.45, 7) is 0. The van der Waals surface area contributed by atoms with Gasteiger partial charge in [-0.25, -0.2) is 4.79 Å². The number of benzene rings is 3. The number of fused-ring (bicyclic) bond motifs is 6. The van der Waals surface area contributed by atoms with E-state index in [4.69, 9.17) is 9.47 Å². The van der Waals surface area contributed by atoms with Crippen LogP contribution in [0.15, 0.2) is 53.5 Å². The molecule has 2 aliphatic rings. The standard InChI is InChI=1S/C22H10N2O5S/c23-9-13-19-18(8-16(26)20(13)24-10-30)28-17-7-11(25)5-6-15(17)22(19)14-4-2-1-3-12(14)21(27)29-22/h1-8,25-26H. The highest BCUT2D eigenvalue weighted by Gasteiger charge is 2.55. The molecule has 0 saturated carbocycles. The van der Waals surface area contributed by atoms with Crippen LogP contribution in [0, 0.1) is 11.3 Å². The zero-order valence-electron chi connectivity index (χ0n) is 15.0. The third-order valence-corrected chi connectivity index (χ3v) is 5.29. The van der Waals surface area contributed by atoms with Gasteiger partial charge in [-0.2, -0.15) is 10.3 Å². The summed E-state index contributed by atoms with van der Waals surface area (Å²) in [7, 11) is 0. The maximum Gasteiger partial charge on any atom is 0.340 e. The third-order valence-electron chi connectivity index (χ3n) is 5.20. The number of nitriles is 1. The van der Waals surface area contributed by atoms with Crippen LogP contribution < -0.4 is 4.74 Å². The minimum Gasteiger partial charge on any atom is -0.508 e. The van der Waals surface area contributed by atoms with Gasteiger partial charge < -0.3 is 19.7 Å². The van der Waals surface area contributed by atoms with E-state index in [9.17, 15) is 20.3 Å². The van der Waals surface area contributed by atoms with Gasteiger partial charge in [-0.1, -0.05) is 18.2 Å². The lowest BCUT2D eigenvalue weighted by molar-refractivity contribution is 0.0223. The largest absolute Gasteiger partial charge is 0.508 e. The third kappa shape index (κ3) is 2.16. The molecule has 0 aliphatic carbocycles. The summed E-state index contributed by atoms with van der Waals surface area (Å²) < 4.78 is 11.8. The monoisotopic (exact) mass is 414 g/mol. The molecule has 7 nitrogen and oxygen atoms in total. The Hall–Kier alpha value is -4.18. The molecule has 0 aromatic heterocycles. The first-order valence-corrected chi connectivity index (χ1v) is 9.14. The Labute approximate surface area is 175 Å². The first-order chi connectivity index (χ1) is 14.5. The molecule has 144 valence electrons. The summed E-state index contributed by atoms with van der Waals surface area (Å²) in [4.78, 5) is 16.6. The number of aliphatic imine (C=N–C) groups is 1. The second kappa shape index (κ2) is 6.16. The number of thiocarbonyl (C=S) groups is 1. The van der Waals surface area contributed by atoms with Crippen LogP contribution in [0.3, 0.4) is 0 Å². The van der Waals surface area contributed by atoms with Gasteiger partial charge in [0.1, 0.15) is 34.8 Å². The predicted molar refractivity (Wildman–Crippen MR) is 107 cm³/mol. The van der Waals surface area contributed by atoms with Gasteiger partial charge in [-0.15, -0.1) is 0 Å². The fourth-order valence-electron chi connectivity index (χ4n) is 4.07. The number of phenols is 2. The molecule has 2 heterocycles. The number of isothiocyanates is 1. The number of hydrogen-bond donors (Lipinski definition) is 2. The lowest BCUT2D eigenvalue weighted by Gasteiger charge is -2.37. The van der Waals surface area contributed by atoms with Gasteiger partial charge in [-0.05, 0) is 30.4 Å². The first-order valence-electron chi connectivity index (χ1n) is 8.74. The quantitative estimate of drug-likeness (QED) is 0.347. The number of nitrogens with zero attached hydrogens (tertiary/aromatic N) is 2. The molecule has 30 heavy (non-hydrogen) atoms. The molecular weight excluding hydrogens is 404 g/mol. The van der Waals surface area contributed by atoms with Crippen molar-refractivity contribution in [1.29, 1.82) is 5.26 Å². The minimum absolute atomic E-state index is 0.0587. The zero-order valence-corrected chi connectivity index (χ0v) is 15.9. The van der Waals surface area contributed by atoms with Gasteiger partial charge in [-0.3, -0.25) is 0 Å². The van der Waals surface area contributed by atoms with Crippen LogP contribution in [0.4, 0.5) is 5.69 Å². The number of esters is 1. The van der Waals surface area contributed by atoms with Crippen LogP contribution in [0.1, 0.15) is 32.6 Å². The molecule has 8 heteroatoms. The van der Waals surface area contributed by atoms with E-state index in [0.29, 0.717) is 16.7 Å². The topological polar surface area (TPSA) is 112 Å². The Kier molecular flexibility index (Phi) is 3.67. The minimum atomic E-state index is -1.53. The van der Waals surface area contributed by atoms with E-state index in [1.807, 2.05) is 6.07 Å². The van der Waals surface area contributed by atoms with Crippen molar-refractivity contribution < 1.29 is 24.5 Å². The van der Waals surface area contributed by atoms with Gasteiger partial charge in [0, 0.05) is 23.3 Å². The molecule has 5 rings (SSSR count). The van der Waals surface area contributed by atoms with Crippen molar-refractivity contribution in [2.45, 2.75) is 5.60 Å². The van der Waals surface area contributed by atoms with E-state index >= 15 is 0 Å². The van der Waals surface area contributed by atoms with E-state index in [-0.39, 0.29) is 39.8 Å². The fourth-order valence-corrected chi connectivity index (χ4v) is 4.17. The van der Waals surface area contributed by atoms with Crippen molar-refractivity contribution >= 4 is 29.0 Å². The molecule has 0 bridgehead atoms. The molecule has 1 atom stereocenters. The van der Waals surface area contributed by atoms with Crippen LogP contribution in [0.2, 0.25) is 0 Å². The summed E-state index contributed by atoms with van der Waals surface area (Å²) in [5.74, 6) is -0.665. The fraction of sp³-hybridized carbons (Fsp3) is 0.0455. The van der Waals surface area contributed by atoms with E-state index in [0.717, 1.165) is 0 Å². The number of aromatic hydroxyl groups is 2. The highest BCUT2D eigenvalue weighted by molar-refractivity contribution is 7.78. The maximum atomic E-state index is 12.8. The van der Waals surface area contributed by atoms with E-state index in [1.165, 1.54) is 18.2 Å². The average Bonchev–Trinajstić information content (AvgIpc) is 3.02. The Bertz CT molecular complexity index is 1370. The smallest absolute Gasteiger partial charge is 0.340 e. The van der Waals surface area contributed by atoms with Crippen LogP contribution in [0.25, 0.3) is 0 Å². The molecule has 0 saturated heterocycles. The summed E-state index contributed by atoms with van der Waals surface area (Å²) >= 11 is 4.66. The van der Waals surface area contributed by atoms with Crippen molar-refractivity contribution in [1.82, 2.24) is 0 Å². The molecule has 0 radical (unpaired) electrons. The molecule has 0 amide bonds.